The third-order valence-corrected chi connectivity index (χ3v) is 3.27. The number of pyridine rings is 1. The highest BCUT2D eigenvalue weighted by Gasteiger charge is 2.11. The largest absolute Gasteiger partial charge is 0.352 e. The summed E-state index contributed by atoms with van der Waals surface area (Å²) in [7, 11) is 0. The monoisotopic (exact) mass is 285 g/mol. The van der Waals surface area contributed by atoms with Crippen LogP contribution in [0, 0.1) is 6.92 Å². The van der Waals surface area contributed by atoms with Crippen LogP contribution in [0.5, 0.6) is 0 Å². The molecule has 0 aliphatic rings. The fraction of sp³-hybridized carbons (Fsp3) is 0.250. The van der Waals surface area contributed by atoms with Crippen molar-refractivity contribution in [1.29, 1.82) is 0 Å². The van der Waals surface area contributed by atoms with E-state index in [-0.39, 0.29) is 23.1 Å². The van der Waals surface area contributed by atoms with Crippen molar-refractivity contribution >= 4 is 5.91 Å². The maximum Gasteiger partial charge on any atom is 0.260 e. The molecule has 0 fully saturated rings. The highest BCUT2D eigenvalue weighted by Crippen LogP contribution is 2.12. The van der Waals surface area contributed by atoms with Crippen LogP contribution in [-0.4, -0.2) is 17.4 Å². The van der Waals surface area contributed by atoms with Gasteiger partial charge in [-0.15, -0.1) is 0 Å². The Morgan fingerprint density at radius 3 is 2.62 bits per heavy atom. The van der Waals surface area contributed by atoms with Crippen molar-refractivity contribution in [2.45, 2.75) is 19.4 Å². The number of amides is 1. The molecule has 0 saturated heterocycles. The summed E-state index contributed by atoms with van der Waals surface area (Å²) >= 11 is 0. The normalized spacial score (nSPS) is 11.9. The Morgan fingerprint density at radius 1 is 1.24 bits per heavy atom. The number of carbonyl (C=O) groups excluding carboxylic acids is 1. The van der Waals surface area contributed by atoms with Gasteiger partial charge in [-0.05, 0) is 31.0 Å². The summed E-state index contributed by atoms with van der Waals surface area (Å²) < 4.78 is 0. The third-order valence-electron chi connectivity index (χ3n) is 3.27. The molecule has 0 aliphatic carbocycles. The number of hydrogen-bond donors (Lipinski definition) is 3. The zero-order valence-corrected chi connectivity index (χ0v) is 11.9. The first kappa shape index (κ1) is 15.0. The third kappa shape index (κ3) is 4.03. The molecule has 1 heterocycles. The predicted molar refractivity (Wildman–Crippen MR) is 82.1 cm³/mol. The summed E-state index contributed by atoms with van der Waals surface area (Å²) in [6.45, 7) is 2.18. The van der Waals surface area contributed by atoms with Gasteiger partial charge in [-0.2, -0.15) is 0 Å². The fourth-order valence-electron chi connectivity index (χ4n) is 2.05. The van der Waals surface area contributed by atoms with Crippen LogP contribution in [0.25, 0.3) is 0 Å². The molecule has 0 saturated carbocycles. The van der Waals surface area contributed by atoms with Crippen molar-refractivity contribution in [2.24, 2.45) is 5.73 Å². The number of H-pyrrole nitrogens is 1. The lowest BCUT2D eigenvalue weighted by Crippen LogP contribution is -2.31. The predicted octanol–water partition coefficient (Wildman–Crippen LogP) is 1.50. The Kier molecular flexibility index (Phi) is 4.90. The Morgan fingerprint density at radius 2 is 1.95 bits per heavy atom. The minimum absolute atomic E-state index is 0.119. The quantitative estimate of drug-likeness (QED) is 0.778. The van der Waals surface area contributed by atoms with Crippen LogP contribution in [-0.2, 0) is 0 Å². The highest BCUT2D eigenvalue weighted by molar-refractivity contribution is 5.93. The van der Waals surface area contributed by atoms with Crippen molar-refractivity contribution in [3.8, 4) is 0 Å². The van der Waals surface area contributed by atoms with E-state index in [1.165, 1.54) is 6.07 Å². The van der Waals surface area contributed by atoms with E-state index in [2.05, 4.69) is 10.3 Å². The molecular weight excluding hydrogens is 266 g/mol. The van der Waals surface area contributed by atoms with Crippen LogP contribution in [0.15, 0.2) is 47.3 Å². The average Bonchev–Trinajstić information content (AvgIpc) is 2.47. The first-order valence-corrected chi connectivity index (χ1v) is 6.86. The van der Waals surface area contributed by atoms with Crippen molar-refractivity contribution in [1.82, 2.24) is 10.3 Å². The molecule has 5 heteroatoms. The van der Waals surface area contributed by atoms with Crippen LogP contribution < -0.4 is 16.6 Å². The van der Waals surface area contributed by atoms with E-state index in [0.717, 1.165) is 11.3 Å². The molecule has 1 unspecified atom stereocenters. The number of hydrogen-bond acceptors (Lipinski definition) is 3. The maximum absolute atomic E-state index is 11.9. The second-order valence-corrected chi connectivity index (χ2v) is 4.95. The van der Waals surface area contributed by atoms with E-state index in [1.54, 1.807) is 13.0 Å². The van der Waals surface area contributed by atoms with Crippen LogP contribution in [0.1, 0.15) is 34.1 Å². The molecule has 21 heavy (non-hydrogen) atoms. The lowest BCUT2D eigenvalue weighted by molar-refractivity contribution is 0.0951. The first-order chi connectivity index (χ1) is 10.1. The minimum Gasteiger partial charge on any atom is -0.352 e. The summed E-state index contributed by atoms with van der Waals surface area (Å²) in [6, 6.07) is 12.8. The van der Waals surface area contributed by atoms with Crippen LogP contribution in [0.2, 0.25) is 0 Å². The number of carbonyl (C=O) groups is 1. The van der Waals surface area contributed by atoms with Gasteiger partial charge < -0.3 is 16.0 Å². The van der Waals surface area contributed by atoms with Gasteiger partial charge in [0.15, 0.2) is 0 Å². The van der Waals surface area contributed by atoms with Gasteiger partial charge in [-0.1, -0.05) is 30.3 Å². The second kappa shape index (κ2) is 6.85. The molecule has 2 rings (SSSR count). The number of nitrogens with two attached hydrogens (primary N) is 1. The van der Waals surface area contributed by atoms with Crippen LogP contribution in [0.3, 0.4) is 0 Å². The zero-order valence-electron chi connectivity index (χ0n) is 11.9. The molecule has 0 radical (unpaired) electrons. The lowest BCUT2D eigenvalue weighted by atomic mass is 10.1. The van der Waals surface area contributed by atoms with Gasteiger partial charge in [0.05, 0.1) is 0 Å². The Balaban J connectivity index is 1.89. The van der Waals surface area contributed by atoms with Gasteiger partial charge in [0.25, 0.3) is 11.5 Å². The second-order valence-electron chi connectivity index (χ2n) is 4.95. The Bertz CT molecular complexity index is 665. The molecule has 1 atom stereocenters. The molecule has 0 spiro atoms. The fourth-order valence-corrected chi connectivity index (χ4v) is 2.05. The van der Waals surface area contributed by atoms with Crippen molar-refractivity contribution in [3.05, 3.63) is 69.6 Å². The van der Waals surface area contributed by atoms with Gasteiger partial charge in [-0.3, -0.25) is 9.59 Å². The van der Waals surface area contributed by atoms with Crippen molar-refractivity contribution in [3.63, 3.8) is 0 Å². The van der Waals surface area contributed by atoms with Gasteiger partial charge in [0.1, 0.15) is 5.56 Å². The first-order valence-electron chi connectivity index (χ1n) is 6.86. The van der Waals surface area contributed by atoms with Crippen LogP contribution in [0.4, 0.5) is 0 Å². The number of aryl methyl sites for hydroxylation is 1. The molecule has 2 aromatic rings. The van der Waals surface area contributed by atoms with Gasteiger partial charge >= 0.3 is 0 Å². The number of rotatable bonds is 5. The van der Waals surface area contributed by atoms with E-state index in [4.69, 9.17) is 5.73 Å². The molecule has 0 bridgehead atoms. The van der Waals surface area contributed by atoms with Gasteiger partial charge in [0.2, 0.25) is 0 Å². The molecule has 110 valence electrons. The topological polar surface area (TPSA) is 88.0 Å². The summed E-state index contributed by atoms with van der Waals surface area (Å²) in [5.41, 5.74) is 7.55. The smallest absolute Gasteiger partial charge is 0.260 e. The van der Waals surface area contributed by atoms with Crippen LogP contribution >= 0.6 is 0 Å². The van der Waals surface area contributed by atoms with Crippen molar-refractivity contribution < 1.29 is 4.79 Å². The SMILES string of the molecule is Cc1ccc(C(=O)NCCC(N)c2ccccc2)c(=O)[nH]1. The number of benzene rings is 1. The molecule has 4 N–H and O–H groups in total. The molecular formula is C16H19N3O2. The summed E-state index contributed by atoms with van der Waals surface area (Å²) in [4.78, 5) is 26.2. The van der Waals surface area contributed by atoms with E-state index < -0.39 is 0 Å². The number of aromatic nitrogens is 1. The number of nitrogens with one attached hydrogen (secondary N) is 2. The number of aromatic amines is 1. The van der Waals surface area contributed by atoms with Crippen molar-refractivity contribution in [2.75, 3.05) is 6.54 Å². The molecule has 1 aromatic heterocycles. The summed E-state index contributed by atoms with van der Waals surface area (Å²) in [5.74, 6) is -0.378. The van der Waals surface area contributed by atoms with Gasteiger partial charge in [0, 0.05) is 18.3 Å². The average molecular weight is 285 g/mol. The molecule has 5 nitrogen and oxygen atoms in total. The van der Waals surface area contributed by atoms with Gasteiger partial charge in [-0.25, -0.2) is 0 Å². The lowest BCUT2D eigenvalue weighted by Gasteiger charge is -2.12. The summed E-state index contributed by atoms with van der Waals surface area (Å²) in [5, 5.41) is 2.72. The van der Waals surface area contributed by atoms with E-state index in [1.807, 2.05) is 30.3 Å². The maximum atomic E-state index is 11.9. The minimum atomic E-state index is -0.378. The Hall–Kier alpha value is -2.40. The summed E-state index contributed by atoms with van der Waals surface area (Å²) in [6.07, 6.45) is 0.611. The molecule has 0 aliphatic heterocycles. The highest BCUT2D eigenvalue weighted by atomic mass is 16.2. The Labute approximate surface area is 123 Å². The zero-order chi connectivity index (χ0) is 15.2. The van der Waals surface area contributed by atoms with E-state index in [0.29, 0.717) is 13.0 Å². The van der Waals surface area contributed by atoms with E-state index in [9.17, 15) is 9.59 Å². The molecule has 1 amide bonds. The standard InChI is InChI=1S/C16H19N3O2/c1-11-7-8-13(16(21)19-11)15(20)18-10-9-14(17)12-5-3-2-4-6-12/h2-8,14H,9-10,17H2,1H3,(H,18,20)(H,19,21). The molecule has 1 aromatic carbocycles. The van der Waals surface area contributed by atoms with E-state index >= 15 is 0 Å².